The average Bonchev–Trinajstić information content (AvgIpc) is 2.93. The normalized spacial score (nSPS) is 17.1. The van der Waals surface area contributed by atoms with Gasteiger partial charge in [-0.2, -0.15) is 0 Å². The molecule has 0 bridgehead atoms. The number of carbonyl (C=O) groups excluding carboxylic acids is 3. The zero-order valence-corrected chi connectivity index (χ0v) is 23.4. The minimum Gasteiger partial charge on any atom is -0.444 e. The molecule has 1 fully saturated rings. The molecular formula is C31H37N5O4. The van der Waals surface area contributed by atoms with Crippen molar-refractivity contribution >= 4 is 29.4 Å². The van der Waals surface area contributed by atoms with Gasteiger partial charge in [-0.1, -0.05) is 60.7 Å². The number of benzene rings is 2. The van der Waals surface area contributed by atoms with Crippen molar-refractivity contribution in [3.05, 3.63) is 89.6 Å². The molecule has 9 nitrogen and oxygen atoms in total. The summed E-state index contributed by atoms with van der Waals surface area (Å²) in [5.74, 6) is -1.01. The second-order valence-electron chi connectivity index (χ2n) is 11.0. The first-order valence-corrected chi connectivity index (χ1v) is 13.5. The molecule has 1 aliphatic heterocycles. The van der Waals surface area contributed by atoms with Crippen LogP contribution in [0.3, 0.4) is 0 Å². The van der Waals surface area contributed by atoms with Crippen molar-refractivity contribution in [3.63, 3.8) is 0 Å². The molecule has 0 radical (unpaired) electrons. The molecule has 0 aliphatic carbocycles. The van der Waals surface area contributed by atoms with Crippen LogP contribution in [0.4, 0.5) is 16.3 Å². The monoisotopic (exact) mass is 543 g/mol. The van der Waals surface area contributed by atoms with Gasteiger partial charge in [0.1, 0.15) is 11.4 Å². The van der Waals surface area contributed by atoms with Gasteiger partial charge in [0.15, 0.2) is 0 Å². The van der Waals surface area contributed by atoms with Crippen molar-refractivity contribution in [2.45, 2.75) is 64.8 Å². The van der Waals surface area contributed by atoms with Gasteiger partial charge < -0.3 is 20.3 Å². The van der Waals surface area contributed by atoms with E-state index >= 15 is 0 Å². The summed E-state index contributed by atoms with van der Waals surface area (Å²) in [7, 11) is 0. The fourth-order valence-corrected chi connectivity index (χ4v) is 4.73. The maximum atomic E-state index is 13.4. The lowest BCUT2D eigenvalue weighted by Crippen LogP contribution is -2.49. The highest BCUT2D eigenvalue weighted by Crippen LogP contribution is 2.31. The summed E-state index contributed by atoms with van der Waals surface area (Å²) >= 11 is 0. The SMILES string of the molecule is Cc1cc(NC(=O)C(=O)N2CC[C@H](NCc3ccccc3)C[C@@H]2c2ccccc2)cnc1NC(=O)OC(C)(C)C. The molecular weight excluding hydrogens is 506 g/mol. The Morgan fingerprint density at radius 2 is 1.68 bits per heavy atom. The molecule has 0 saturated carbocycles. The van der Waals surface area contributed by atoms with Crippen LogP contribution in [0.25, 0.3) is 0 Å². The number of amides is 3. The topological polar surface area (TPSA) is 113 Å². The van der Waals surface area contributed by atoms with Crippen molar-refractivity contribution in [2.75, 3.05) is 17.2 Å². The lowest BCUT2D eigenvalue weighted by molar-refractivity contribution is -0.146. The molecule has 4 rings (SSSR count). The van der Waals surface area contributed by atoms with Gasteiger partial charge in [-0.15, -0.1) is 0 Å². The smallest absolute Gasteiger partial charge is 0.413 e. The molecule has 0 unspecified atom stereocenters. The molecule has 3 amide bonds. The Labute approximate surface area is 235 Å². The van der Waals surface area contributed by atoms with E-state index in [9.17, 15) is 14.4 Å². The van der Waals surface area contributed by atoms with E-state index in [2.05, 4.69) is 33.1 Å². The Balaban J connectivity index is 1.41. The number of hydrogen-bond donors (Lipinski definition) is 3. The molecule has 9 heteroatoms. The summed E-state index contributed by atoms with van der Waals surface area (Å²) in [6.45, 7) is 8.26. The fourth-order valence-electron chi connectivity index (χ4n) is 4.73. The second kappa shape index (κ2) is 12.7. The highest BCUT2D eigenvalue weighted by Gasteiger charge is 2.35. The van der Waals surface area contributed by atoms with Gasteiger partial charge in [0.05, 0.1) is 17.9 Å². The van der Waals surface area contributed by atoms with Gasteiger partial charge in [-0.3, -0.25) is 14.9 Å². The van der Waals surface area contributed by atoms with E-state index in [-0.39, 0.29) is 12.1 Å². The van der Waals surface area contributed by atoms with Crippen LogP contribution in [0.5, 0.6) is 0 Å². The molecule has 2 atom stereocenters. The summed E-state index contributed by atoms with van der Waals surface area (Å²) in [4.78, 5) is 44.5. The Kier molecular flexibility index (Phi) is 9.16. The van der Waals surface area contributed by atoms with Gasteiger partial charge in [0, 0.05) is 19.1 Å². The van der Waals surface area contributed by atoms with E-state index in [1.54, 1.807) is 38.7 Å². The third kappa shape index (κ3) is 7.89. The number of likely N-dealkylation sites (tertiary alicyclic amines) is 1. The third-order valence-corrected chi connectivity index (χ3v) is 6.64. The number of hydrogen-bond acceptors (Lipinski definition) is 6. The summed E-state index contributed by atoms with van der Waals surface area (Å²) in [5, 5.41) is 8.90. The van der Waals surface area contributed by atoms with Crippen molar-refractivity contribution < 1.29 is 19.1 Å². The largest absolute Gasteiger partial charge is 0.444 e. The average molecular weight is 544 g/mol. The Morgan fingerprint density at radius 1 is 1.00 bits per heavy atom. The maximum Gasteiger partial charge on any atom is 0.413 e. The number of carbonyl (C=O) groups is 3. The van der Waals surface area contributed by atoms with Crippen LogP contribution < -0.4 is 16.0 Å². The number of aryl methyl sites for hydroxylation is 1. The Bertz CT molecular complexity index is 1320. The second-order valence-corrected chi connectivity index (χ2v) is 11.0. The molecule has 3 N–H and O–H groups in total. The quantitative estimate of drug-likeness (QED) is 0.369. The van der Waals surface area contributed by atoms with E-state index in [4.69, 9.17) is 4.74 Å². The van der Waals surface area contributed by atoms with Gasteiger partial charge in [0.25, 0.3) is 0 Å². The summed E-state index contributed by atoms with van der Waals surface area (Å²) in [6, 6.07) is 21.6. The molecule has 0 spiro atoms. The molecule has 1 aliphatic rings. The fraction of sp³-hybridized carbons (Fsp3) is 0.355. The van der Waals surface area contributed by atoms with Crippen LogP contribution in [0, 0.1) is 6.92 Å². The number of rotatable bonds is 6. The van der Waals surface area contributed by atoms with E-state index < -0.39 is 23.5 Å². The van der Waals surface area contributed by atoms with E-state index in [0.717, 1.165) is 18.5 Å². The van der Waals surface area contributed by atoms with Crippen LogP contribution in [0.2, 0.25) is 0 Å². The van der Waals surface area contributed by atoms with Gasteiger partial charge in [-0.05, 0) is 63.3 Å². The van der Waals surface area contributed by atoms with Crippen molar-refractivity contribution in [3.8, 4) is 0 Å². The molecule has 3 aromatic rings. The number of pyridine rings is 1. The first kappa shape index (κ1) is 28.8. The standard InChI is InChI=1S/C31H37N5O4/c1-21-17-25(20-33-27(21)35-30(39)40-31(2,3)4)34-28(37)29(38)36-16-15-24(32-19-22-11-7-5-8-12-22)18-26(36)23-13-9-6-10-14-23/h5-14,17,20,24,26,32H,15-16,18-19H2,1-4H3,(H,34,37)(H,33,35,39)/t24-,26+/m0/s1. The minimum absolute atomic E-state index is 0.203. The van der Waals surface area contributed by atoms with E-state index in [1.807, 2.05) is 48.5 Å². The van der Waals surface area contributed by atoms with Crippen LogP contribution in [0.15, 0.2) is 72.9 Å². The number of anilines is 2. The van der Waals surface area contributed by atoms with Gasteiger partial charge in [0.2, 0.25) is 0 Å². The van der Waals surface area contributed by atoms with Crippen molar-refractivity contribution in [1.82, 2.24) is 15.2 Å². The van der Waals surface area contributed by atoms with Crippen LogP contribution >= 0.6 is 0 Å². The van der Waals surface area contributed by atoms with Crippen LogP contribution in [-0.2, 0) is 20.9 Å². The predicted octanol–water partition coefficient (Wildman–Crippen LogP) is 5.20. The highest BCUT2D eigenvalue weighted by atomic mass is 16.6. The molecule has 1 aromatic heterocycles. The summed E-state index contributed by atoms with van der Waals surface area (Å²) < 4.78 is 5.27. The van der Waals surface area contributed by atoms with Crippen LogP contribution in [-0.4, -0.2) is 46.0 Å². The lowest BCUT2D eigenvalue weighted by Gasteiger charge is -2.39. The van der Waals surface area contributed by atoms with Gasteiger partial charge in [-0.25, -0.2) is 9.78 Å². The van der Waals surface area contributed by atoms with Crippen molar-refractivity contribution in [1.29, 1.82) is 0 Å². The Hall–Kier alpha value is -4.24. The van der Waals surface area contributed by atoms with E-state index in [1.165, 1.54) is 11.8 Å². The molecule has 210 valence electrons. The zero-order chi connectivity index (χ0) is 28.7. The Morgan fingerprint density at radius 3 is 2.33 bits per heavy atom. The minimum atomic E-state index is -0.731. The molecule has 2 heterocycles. The van der Waals surface area contributed by atoms with E-state index in [0.29, 0.717) is 30.0 Å². The maximum absolute atomic E-state index is 13.4. The third-order valence-electron chi connectivity index (χ3n) is 6.64. The highest BCUT2D eigenvalue weighted by molar-refractivity contribution is 6.39. The van der Waals surface area contributed by atoms with Crippen molar-refractivity contribution in [2.24, 2.45) is 0 Å². The number of ether oxygens (including phenoxy) is 1. The lowest BCUT2D eigenvalue weighted by atomic mass is 9.91. The number of nitrogens with one attached hydrogen (secondary N) is 3. The number of nitrogens with zero attached hydrogens (tertiary/aromatic N) is 2. The number of aromatic nitrogens is 1. The summed E-state index contributed by atoms with van der Waals surface area (Å²) in [5.41, 5.74) is 2.53. The first-order valence-electron chi connectivity index (χ1n) is 13.5. The molecule has 1 saturated heterocycles. The summed E-state index contributed by atoms with van der Waals surface area (Å²) in [6.07, 6.45) is 2.21. The van der Waals surface area contributed by atoms with Crippen LogP contribution in [0.1, 0.15) is 56.3 Å². The first-order chi connectivity index (χ1) is 19.1. The molecule has 40 heavy (non-hydrogen) atoms. The molecule has 2 aromatic carbocycles. The van der Waals surface area contributed by atoms with Gasteiger partial charge >= 0.3 is 17.9 Å². The predicted molar refractivity (Wildman–Crippen MR) is 155 cm³/mol. The zero-order valence-electron chi connectivity index (χ0n) is 23.4. The number of piperidine rings is 1.